The predicted octanol–water partition coefficient (Wildman–Crippen LogP) is 3.43. The summed E-state index contributed by atoms with van der Waals surface area (Å²) >= 11 is 0. The highest BCUT2D eigenvalue weighted by atomic mass is 16.3. The Morgan fingerprint density at radius 3 is 2.18 bits per heavy atom. The molecule has 92 valence electrons. The lowest BCUT2D eigenvalue weighted by atomic mass is 9.61. The molecule has 1 unspecified atom stereocenters. The van der Waals surface area contributed by atoms with Crippen LogP contribution in [0.3, 0.4) is 0 Å². The monoisotopic (exact) mass is 232 g/mol. The summed E-state index contributed by atoms with van der Waals surface area (Å²) in [5.74, 6) is 0.621. The Kier molecular flexibility index (Phi) is 2.76. The topological polar surface area (TPSA) is 37.3 Å². The van der Waals surface area contributed by atoms with Crippen LogP contribution in [0.1, 0.15) is 45.6 Å². The second-order valence-corrected chi connectivity index (χ2v) is 6.34. The van der Waals surface area contributed by atoms with Gasteiger partial charge in [-0.15, -0.1) is 0 Å². The molecule has 0 radical (unpaired) electrons. The van der Waals surface area contributed by atoms with E-state index in [0.717, 1.165) is 12.0 Å². The maximum absolute atomic E-state index is 11.9. The number of Topliss-reactive ketones (excluding diaryl/α,β-unsaturated/α-hetero) is 1. The number of phenols is 1. The minimum absolute atomic E-state index is 0.0714. The highest BCUT2D eigenvalue weighted by Gasteiger charge is 2.41. The van der Waals surface area contributed by atoms with Crippen molar-refractivity contribution in [3.63, 3.8) is 0 Å². The van der Waals surface area contributed by atoms with Gasteiger partial charge in [-0.1, -0.05) is 32.9 Å². The molecule has 0 aliphatic heterocycles. The maximum Gasteiger partial charge on any atom is 0.134 e. The Hall–Kier alpha value is -1.31. The van der Waals surface area contributed by atoms with Gasteiger partial charge in [0.1, 0.15) is 11.5 Å². The van der Waals surface area contributed by atoms with Crippen LogP contribution in [0.5, 0.6) is 5.75 Å². The van der Waals surface area contributed by atoms with E-state index in [4.69, 9.17) is 0 Å². The molecule has 1 aliphatic rings. The summed E-state index contributed by atoms with van der Waals surface area (Å²) in [4.78, 5) is 11.9. The number of rotatable bonds is 1. The van der Waals surface area contributed by atoms with Gasteiger partial charge >= 0.3 is 0 Å². The molecular weight excluding hydrogens is 212 g/mol. The molecule has 0 aromatic heterocycles. The first-order chi connectivity index (χ1) is 7.81. The van der Waals surface area contributed by atoms with Crippen LogP contribution in [0.15, 0.2) is 24.3 Å². The van der Waals surface area contributed by atoms with Gasteiger partial charge in [0, 0.05) is 12.8 Å². The van der Waals surface area contributed by atoms with E-state index in [2.05, 4.69) is 20.8 Å². The van der Waals surface area contributed by atoms with E-state index in [1.54, 1.807) is 12.1 Å². The molecule has 17 heavy (non-hydrogen) atoms. The molecule has 0 saturated heterocycles. The maximum atomic E-state index is 11.9. The van der Waals surface area contributed by atoms with E-state index in [-0.39, 0.29) is 16.6 Å². The zero-order valence-corrected chi connectivity index (χ0v) is 10.8. The van der Waals surface area contributed by atoms with Crippen LogP contribution in [0, 0.1) is 5.41 Å². The van der Waals surface area contributed by atoms with Gasteiger partial charge in [-0.25, -0.2) is 0 Å². The van der Waals surface area contributed by atoms with Crippen molar-refractivity contribution in [3.05, 3.63) is 29.8 Å². The third kappa shape index (κ3) is 2.51. The molecule has 1 N–H and O–H groups in total. The lowest BCUT2D eigenvalue weighted by molar-refractivity contribution is -0.125. The second-order valence-electron chi connectivity index (χ2n) is 6.34. The van der Waals surface area contributed by atoms with Gasteiger partial charge in [-0.2, -0.15) is 0 Å². The zero-order chi connectivity index (χ0) is 12.7. The quantitative estimate of drug-likeness (QED) is 0.805. The summed E-state index contributed by atoms with van der Waals surface area (Å²) in [5, 5.41) is 9.33. The third-order valence-electron chi connectivity index (χ3n) is 3.70. The normalized spacial score (nSPS) is 28.1. The molecule has 1 aromatic carbocycles. The first kappa shape index (κ1) is 12.2. The highest BCUT2D eigenvalue weighted by molar-refractivity contribution is 5.81. The predicted molar refractivity (Wildman–Crippen MR) is 68.1 cm³/mol. The number of carbonyl (C=O) groups excluding carboxylic acids is 1. The van der Waals surface area contributed by atoms with Crippen LogP contribution in [0.4, 0.5) is 0 Å². The molecule has 2 rings (SSSR count). The largest absolute Gasteiger partial charge is 0.508 e. The van der Waals surface area contributed by atoms with E-state index in [1.165, 1.54) is 0 Å². The highest BCUT2D eigenvalue weighted by Crippen LogP contribution is 2.46. The fourth-order valence-corrected chi connectivity index (χ4v) is 3.28. The standard InChI is InChI=1S/C15H20O2/c1-14(2)8-13(17)9-15(3,10-14)11-4-6-12(16)7-5-11/h4-7,16H,8-10H2,1-3H3. The lowest BCUT2D eigenvalue weighted by Crippen LogP contribution is -2.38. The lowest BCUT2D eigenvalue weighted by Gasteiger charge is -2.42. The molecule has 0 bridgehead atoms. The summed E-state index contributed by atoms with van der Waals surface area (Å²) in [6, 6.07) is 7.27. The molecule has 2 nitrogen and oxygen atoms in total. The van der Waals surface area contributed by atoms with Gasteiger partial charge in [0.05, 0.1) is 0 Å². The van der Waals surface area contributed by atoms with Crippen LogP contribution in [0.2, 0.25) is 0 Å². The van der Waals surface area contributed by atoms with Crippen molar-refractivity contribution >= 4 is 5.78 Å². The van der Waals surface area contributed by atoms with Crippen molar-refractivity contribution in [2.24, 2.45) is 5.41 Å². The van der Waals surface area contributed by atoms with Crippen molar-refractivity contribution in [1.82, 2.24) is 0 Å². The summed E-state index contributed by atoms with van der Waals surface area (Å²) in [5.41, 5.74) is 1.13. The van der Waals surface area contributed by atoms with E-state index in [1.807, 2.05) is 12.1 Å². The van der Waals surface area contributed by atoms with E-state index < -0.39 is 0 Å². The van der Waals surface area contributed by atoms with E-state index in [9.17, 15) is 9.90 Å². The third-order valence-corrected chi connectivity index (χ3v) is 3.70. The summed E-state index contributed by atoms with van der Waals surface area (Å²) < 4.78 is 0. The minimum atomic E-state index is -0.0907. The van der Waals surface area contributed by atoms with Crippen molar-refractivity contribution in [1.29, 1.82) is 0 Å². The number of hydrogen-bond donors (Lipinski definition) is 1. The van der Waals surface area contributed by atoms with Crippen molar-refractivity contribution in [2.75, 3.05) is 0 Å². The number of ketones is 1. The number of hydrogen-bond acceptors (Lipinski definition) is 2. The molecular formula is C15H20O2. The molecule has 0 spiro atoms. The Morgan fingerprint density at radius 1 is 1.06 bits per heavy atom. The van der Waals surface area contributed by atoms with Gasteiger partial charge < -0.3 is 5.11 Å². The molecule has 1 aliphatic carbocycles. The van der Waals surface area contributed by atoms with Crippen LogP contribution in [-0.4, -0.2) is 10.9 Å². The molecule has 1 fully saturated rings. The van der Waals surface area contributed by atoms with Crippen LogP contribution >= 0.6 is 0 Å². The van der Waals surface area contributed by atoms with Gasteiger partial charge in [0.2, 0.25) is 0 Å². The van der Waals surface area contributed by atoms with Crippen LogP contribution in [-0.2, 0) is 10.2 Å². The average molecular weight is 232 g/mol. The van der Waals surface area contributed by atoms with Crippen molar-refractivity contribution in [3.8, 4) is 5.75 Å². The molecule has 2 heteroatoms. The first-order valence-corrected chi connectivity index (χ1v) is 6.12. The number of phenolic OH excluding ortho intramolecular Hbond substituents is 1. The summed E-state index contributed by atoms with van der Waals surface area (Å²) in [6.07, 6.45) is 2.30. The summed E-state index contributed by atoms with van der Waals surface area (Å²) in [7, 11) is 0. The zero-order valence-electron chi connectivity index (χ0n) is 10.8. The minimum Gasteiger partial charge on any atom is -0.508 e. The number of carbonyl (C=O) groups is 1. The van der Waals surface area contributed by atoms with E-state index in [0.29, 0.717) is 18.6 Å². The van der Waals surface area contributed by atoms with Crippen LogP contribution < -0.4 is 0 Å². The number of benzene rings is 1. The Balaban J connectivity index is 2.35. The Morgan fingerprint density at radius 2 is 1.65 bits per heavy atom. The fourth-order valence-electron chi connectivity index (χ4n) is 3.28. The van der Waals surface area contributed by atoms with Gasteiger partial charge in [-0.3, -0.25) is 4.79 Å². The smallest absolute Gasteiger partial charge is 0.134 e. The van der Waals surface area contributed by atoms with Crippen LogP contribution in [0.25, 0.3) is 0 Å². The van der Waals surface area contributed by atoms with Gasteiger partial charge in [0.15, 0.2) is 0 Å². The second kappa shape index (κ2) is 3.86. The molecule has 1 saturated carbocycles. The average Bonchev–Trinajstić information content (AvgIpc) is 2.14. The SMILES string of the molecule is CC1(C)CC(=O)CC(C)(c2ccc(O)cc2)C1. The fraction of sp³-hybridized carbons (Fsp3) is 0.533. The first-order valence-electron chi connectivity index (χ1n) is 6.12. The van der Waals surface area contributed by atoms with Gasteiger partial charge in [-0.05, 0) is 34.9 Å². The van der Waals surface area contributed by atoms with Crippen molar-refractivity contribution in [2.45, 2.75) is 45.4 Å². The Bertz CT molecular complexity index is 431. The molecule has 1 aromatic rings. The molecule has 1 atom stereocenters. The van der Waals surface area contributed by atoms with Gasteiger partial charge in [0.25, 0.3) is 0 Å². The number of aromatic hydroxyl groups is 1. The Labute approximate surface area is 103 Å². The van der Waals surface area contributed by atoms with Crippen molar-refractivity contribution < 1.29 is 9.90 Å². The summed E-state index contributed by atoms with van der Waals surface area (Å²) in [6.45, 7) is 6.46. The van der Waals surface area contributed by atoms with E-state index >= 15 is 0 Å². The molecule has 0 amide bonds. The molecule has 0 heterocycles.